The van der Waals surface area contributed by atoms with Gasteiger partial charge in [0.15, 0.2) is 5.82 Å². The van der Waals surface area contributed by atoms with Gasteiger partial charge in [-0.25, -0.2) is 23.3 Å². The monoisotopic (exact) mass is 563 g/mol. The smallest absolute Gasteiger partial charge is 0.335 e. The number of halogens is 1. The van der Waals surface area contributed by atoms with Gasteiger partial charge in [-0.05, 0) is 54.6 Å². The number of urea groups is 1. The van der Waals surface area contributed by atoms with Crippen LogP contribution in [0.2, 0.25) is 0 Å². The fourth-order valence-electron chi connectivity index (χ4n) is 4.20. The van der Waals surface area contributed by atoms with E-state index >= 15 is 0 Å². The molecule has 10 nitrogen and oxygen atoms in total. The van der Waals surface area contributed by atoms with Crippen molar-refractivity contribution in [2.45, 2.75) is 13.2 Å². The Balaban J connectivity index is 1.25. The second-order valence-electron chi connectivity index (χ2n) is 9.68. The first-order valence-corrected chi connectivity index (χ1v) is 12.7. The van der Waals surface area contributed by atoms with Gasteiger partial charge in [0.1, 0.15) is 5.82 Å². The minimum Gasteiger partial charge on any atom is -0.478 e. The van der Waals surface area contributed by atoms with Crippen LogP contribution in [-0.2, 0) is 9.47 Å². The summed E-state index contributed by atoms with van der Waals surface area (Å²) in [5, 5.41) is 12.0. The molecule has 0 atom stereocenters. The molecule has 3 N–H and O–H groups in total. The van der Waals surface area contributed by atoms with Gasteiger partial charge in [-0.1, -0.05) is 25.8 Å². The maximum Gasteiger partial charge on any atom is 0.335 e. The van der Waals surface area contributed by atoms with Crippen LogP contribution in [0.25, 0.3) is 22.5 Å². The van der Waals surface area contributed by atoms with Gasteiger partial charge in [0, 0.05) is 35.5 Å². The van der Waals surface area contributed by atoms with Crippen LogP contribution < -0.4 is 9.62 Å². The first kappa shape index (κ1) is 27.3. The molecule has 0 spiro atoms. The van der Waals surface area contributed by atoms with Crippen molar-refractivity contribution in [3.63, 3.8) is 0 Å². The standard InChI is InChI=1S/C28H26FN5O5S/c1-28(14-31-27(37)34(40)21-4-2-3-19(13-21)25(35)36)15-38-26(39-16-28)24-32-22(17-5-7-20(29)8-6-17)23(33-24)18-9-11-30-12-10-18/h2-13,26,40H,14-16H2,1H3,(H,31,37)(H,32,33)(H,35,36). The van der Waals surface area contributed by atoms with E-state index in [-0.39, 0.29) is 31.1 Å². The largest absolute Gasteiger partial charge is 0.478 e. The Morgan fingerprint density at radius 2 is 1.82 bits per heavy atom. The number of aromatic amines is 1. The molecule has 0 unspecified atom stereocenters. The van der Waals surface area contributed by atoms with E-state index in [9.17, 15) is 19.1 Å². The van der Waals surface area contributed by atoms with E-state index in [2.05, 4.69) is 28.1 Å². The molecule has 1 fully saturated rings. The number of benzene rings is 2. The van der Waals surface area contributed by atoms with E-state index in [0.29, 0.717) is 17.2 Å². The van der Waals surface area contributed by atoms with E-state index in [1.54, 1.807) is 30.6 Å². The molecule has 40 heavy (non-hydrogen) atoms. The summed E-state index contributed by atoms with van der Waals surface area (Å²) in [6.07, 6.45) is 2.57. The van der Waals surface area contributed by atoms with Crippen molar-refractivity contribution < 1.29 is 28.6 Å². The van der Waals surface area contributed by atoms with Crippen molar-refractivity contribution >= 4 is 30.5 Å². The van der Waals surface area contributed by atoms with Crippen molar-refractivity contribution in [2.75, 3.05) is 24.1 Å². The van der Waals surface area contributed by atoms with Crippen LogP contribution in [0.3, 0.4) is 0 Å². The van der Waals surface area contributed by atoms with Crippen LogP contribution in [0.1, 0.15) is 29.4 Å². The summed E-state index contributed by atoms with van der Waals surface area (Å²) >= 11 is 4.22. The van der Waals surface area contributed by atoms with Gasteiger partial charge in [-0.3, -0.25) is 4.98 Å². The topological polar surface area (TPSA) is 130 Å². The fraction of sp³-hybridized carbons (Fsp3) is 0.214. The summed E-state index contributed by atoms with van der Waals surface area (Å²) in [4.78, 5) is 36.0. The van der Waals surface area contributed by atoms with Crippen molar-refractivity contribution in [3.8, 4) is 22.5 Å². The number of H-pyrrole nitrogens is 1. The van der Waals surface area contributed by atoms with E-state index in [0.717, 1.165) is 21.1 Å². The Morgan fingerprint density at radius 3 is 2.50 bits per heavy atom. The number of hydrogen-bond donors (Lipinski definition) is 4. The van der Waals surface area contributed by atoms with Crippen LogP contribution in [0.4, 0.5) is 14.9 Å². The molecule has 0 aliphatic carbocycles. The van der Waals surface area contributed by atoms with E-state index < -0.39 is 23.7 Å². The van der Waals surface area contributed by atoms with Gasteiger partial charge < -0.3 is 24.9 Å². The SMILES string of the molecule is CC1(CNC(=O)N(S)c2cccc(C(=O)O)c2)COC(c2nc(-c3ccc(F)cc3)c(-c3ccncc3)[nH]2)OC1. The maximum atomic E-state index is 13.6. The number of aromatic carboxylic acids is 1. The summed E-state index contributed by atoms with van der Waals surface area (Å²) in [7, 11) is 0. The molecular formula is C28H26FN5O5S. The van der Waals surface area contributed by atoms with Crippen molar-refractivity contribution in [1.29, 1.82) is 0 Å². The Morgan fingerprint density at radius 1 is 1.12 bits per heavy atom. The fourth-order valence-corrected chi connectivity index (χ4v) is 4.40. The third-order valence-corrected chi connectivity index (χ3v) is 6.81. The zero-order valence-electron chi connectivity index (χ0n) is 21.4. The molecular weight excluding hydrogens is 537 g/mol. The summed E-state index contributed by atoms with van der Waals surface area (Å²) in [6, 6.07) is 15.1. The normalized spacial score (nSPS) is 18.7. The third kappa shape index (κ3) is 5.98. The van der Waals surface area contributed by atoms with Crippen LogP contribution in [0, 0.1) is 11.2 Å². The lowest BCUT2D eigenvalue weighted by Crippen LogP contribution is -2.47. The molecule has 1 aliphatic heterocycles. The molecule has 1 aliphatic rings. The Bertz CT molecular complexity index is 1510. The average molecular weight is 564 g/mol. The number of carbonyl (C=O) groups excluding carboxylic acids is 1. The Labute approximate surface area is 234 Å². The van der Waals surface area contributed by atoms with Crippen molar-refractivity contribution in [2.24, 2.45) is 5.41 Å². The Kier molecular flexibility index (Phi) is 7.83. The van der Waals surface area contributed by atoms with E-state index in [1.807, 2.05) is 19.1 Å². The molecule has 12 heteroatoms. The number of nitrogens with zero attached hydrogens (tertiary/aromatic N) is 3. The quantitative estimate of drug-likeness (QED) is 0.231. The number of aromatic nitrogens is 3. The zero-order chi connectivity index (χ0) is 28.3. The summed E-state index contributed by atoms with van der Waals surface area (Å²) in [5.41, 5.74) is 2.73. The number of imidazole rings is 1. The third-order valence-electron chi connectivity index (χ3n) is 6.39. The average Bonchev–Trinajstić information content (AvgIpc) is 3.42. The first-order chi connectivity index (χ1) is 19.2. The van der Waals surface area contributed by atoms with Crippen LogP contribution >= 0.6 is 12.8 Å². The highest BCUT2D eigenvalue weighted by atomic mass is 32.1. The van der Waals surface area contributed by atoms with E-state index in [1.165, 1.54) is 30.3 Å². The second-order valence-corrected chi connectivity index (χ2v) is 10.1. The number of nitrogens with one attached hydrogen (secondary N) is 2. The predicted molar refractivity (Wildman–Crippen MR) is 148 cm³/mol. The highest BCUT2D eigenvalue weighted by Gasteiger charge is 2.36. The minimum absolute atomic E-state index is 0.0454. The van der Waals surface area contributed by atoms with Gasteiger partial charge in [0.05, 0.1) is 35.9 Å². The molecule has 5 rings (SSSR count). The molecule has 3 heterocycles. The number of carbonyl (C=O) groups is 2. The van der Waals surface area contributed by atoms with Gasteiger partial charge in [0.25, 0.3) is 0 Å². The number of carboxylic acids is 1. The second kappa shape index (κ2) is 11.5. The highest BCUT2D eigenvalue weighted by Crippen LogP contribution is 2.35. The molecule has 2 aromatic carbocycles. The molecule has 0 bridgehead atoms. The van der Waals surface area contributed by atoms with Crippen LogP contribution in [-0.4, -0.2) is 51.8 Å². The van der Waals surface area contributed by atoms with Gasteiger partial charge >= 0.3 is 12.0 Å². The van der Waals surface area contributed by atoms with Crippen LogP contribution in [0.15, 0.2) is 73.1 Å². The number of carboxylic acid groups (broad SMARTS) is 1. The number of ether oxygens (including phenoxy) is 2. The maximum absolute atomic E-state index is 13.6. The van der Waals surface area contributed by atoms with E-state index in [4.69, 9.17) is 14.5 Å². The lowest BCUT2D eigenvalue weighted by Gasteiger charge is -2.37. The predicted octanol–water partition coefficient (Wildman–Crippen LogP) is 5.09. The zero-order valence-corrected chi connectivity index (χ0v) is 22.3. The summed E-state index contributed by atoms with van der Waals surface area (Å²) < 4.78 is 26.6. The summed E-state index contributed by atoms with van der Waals surface area (Å²) in [6.45, 7) is 2.65. The van der Waals surface area contributed by atoms with Gasteiger partial charge in [-0.2, -0.15) is 0 Å². The molecule has 2 amide bonds. The summed E-state index contributed by atoms with van der Waals surface area (Å²) in [5.74, 6) is -0.987. The number of amides is 2. The van der Waals surface area contributed by atoms with Gasteiger partial charge in [-0.15, -0.1) is 0 Å². The molecule has 206 valence electrons. The lowest BCUT2D eigenvalue weighted by atomic mass is 9.92. The number of thiol groups is 1. The molecule has 1 saturated heterocycles. The first-order valence-electron chi connectivity index (χ1n) is 12.3. The van der Waals surface area contributed by atoms with Crippen molar-refractivity contribution in [3.05, 3.63) is 90.3 Å². The number of anilines is 1. The number of pyridine rings is 1. The number of hydrogen-bond acceptors (Lipinski definition) is 7. The van der Waals surface area contributed by atoms with Gasteiger partial charge in [0.2, 0.25) is 6.29 Å². The van der Waals surface area contributed by atoms with Crippen molar-refractivity contribution in [1.82, 2.24) is 20.3 Å². The molecule has 4 aromatic rings. The number of rotatable bonds is 7. The lowest BCUT2D eigenvalue weighted by molar-refractivity contribution is -0.231. The molecule has 0 radical (unpaired) electrons. The Hall–Kier alpha value is -4.26. The highest BCUT2D eigenvalue weighted by molar-refractivity contribution is 7.82. The van der Waals surface area contributed by atoms with Crippen LogP contribution in [0.5, 0.6) is 0 Å². The molecule has 0 saturated carbocycles. The minimum atomic E-state index is -1.10. The molecule has 2 aromatic heterocycles.